The Bertz CT molecular complexity index is 902. The number of hydrogen-bond acceptors (Lipinski definition) is 5. The molecule has 1 N–H and O–H groups in total. The highest BCUT2D eigenvalue weighted by molar-refractivity contribution is 7.90. The zero-order valence-corrected chi connectivity index (χ0v) is 15.0. The first-order valence-electron chi connectivity index (χ1n) is 7.51. The number of ether oxygens (including phenoxy) is 1. The third-order valence-corrected chi connectivity index (χ3v) is 4.64. The number of amides is 1. The van der Waals surface area contributed by atoms with E-state index in [0.29, 0.717) is 5.69 Å². The molecule has 0 saturated heterocycles. The largest absolute Gasteiger partial charge is 0.452 e. The lowest BCUT2D eigenvalue weighted by atomic mass is 10.1. The number of sulfone groups is 1. The van der Waals surface area contributed by atoms with Crippen LogP contribution in [0.2, 0.25) is 0 Å². The minimum atomic E-state index is -3.33. The number of carbonyl (C=O) groups excluding carboxylic acids is 2. The maximum absolute atomic E-state index is 11.9. The Balaban J connectivity index is 1.94. The molecule has 2 aromatic carbocycles. The molecule has 0 fully saturated rings. The summed E-state index contributed by atoms with van der Waals surface area (Å²) in [5.74, 6) is -1.15. The molecule has 1 amide bonds. The Morgan fingerprint density at radius 3 is 2.24 bits per heavy atom. The monoisotopic (exact) mass is 361 g/mol. The van der Waals surface area contributed by atoms with Gasteiger partial charge in [-0.15, -0.1) is 0 Å². The fourth-order valence-corrected chi connectivity index (χ4v) is 2.82. The number of esters is 1. The lowest BCUT2D eigenvalue weighted by Gasteiger charge is -2.09. The SMILES string of the molecule is Cc1ccc(NC(=O)COC(=O)c2ccc(S(C)(=O)=O)cc2)c(C)c1. The van der Waals surface area contributed by atoms with Crippen LogP contribution >= 0.6 is 0 Å². The highest BCUT2D eigenvalue weighted by atomic mass is 32.2. The molecule has 0 aliphatic heterocycles. The average molecular weight is 361 g/mol. The minimum Gasteiger partial charge on any atom is -0.452 e. The van der Waals surface area contributed by atoms with Crippen LogP contribution in [-0.4, -0.2) is 33.2 Å². The number of benzene rings is 2. The second-order valence-electron chi connectivity index (χ2n) is 5.74. The highest BCUT2D eigenvalue weighted by Gasteiger charge is 2.13. The molecule has 7 heteroatoms. The lowest BCUT2D eigenvalue weighted by Crippen LogP contribution is -2.21. The third-order valence-electron chi connectivity index (χ3n) is 3.51. The van der Waals surface area contributed by atoms with E-state index >= 15 is 0 Å². The van der Waals surface area contributed by atoms with E-state index in [1.54, 1.807) is 6.07 Å². The van der Waals surface area contributed by atoms with Crippen LogP contribution in [0.4, 0.5) is 5.69 Å². The molecule has 0 aliphatic rings. The van der Waals surface area contributed by atoms with Crippen molar-refractivity contribution in [2.45, 2.75) is 18.7 Å². The third kappa shape index (κ3) is 5.15. The van der Waals surface area contributed by atoms with Crippen LogP contribution < -0.4 is 5.32 Å². The molecule has 0 aliphatic carbocycles. The van der Waals surface area contributed by atoms with Gasteiger partial charge in [-0.25, -0.2) is 13.2 Å². The van der Waals surface area contributed by atoms with Crippen LogP contribution in [0, 0.1) is 13.8 Å². The second-order valence-corrected chi connectivity index (χ2v) is 7.75. The molecule has 0 bridgehead atoms. The molecule has 0 spiro atoms. The van der Waals surface area contributed by atoms with Gasteiger partial charge >= 0.3 is 5.97 Å². The van der Waals surface area contributed by atoms with Gasteiger partial charge in [0.15, 0.2) is 16.4 Å². The molecular weight excluding hydrogens is 342 g/mol. The Morgan fingerprint density at radius 2 is 1.68 bits per heavy atom. The van der Waals surface area contributed by atoms with Crippen LogP contribution in [0.1, 0.15) is 21.5 Å². The first-order valence-corrected chi connectivity index (χ1v) is 9.40. The summed E-state index contributed by atoms with van der Waals surface area (Å²) in [6, 6.07) is 10.9. The van der Waals surface area contributed by atoms with Crippen molar-refractivity contribution < 1.29 is 22.7 Å². The number of aryl methyl sites for hydroxylation is 2. The van der Waals surface area contributed by atoms with Crippen LogP contribution in [0.5, 0.6) is 0 Å². The number of carbonyl (C=O) groups is 2. The summed E-state index contributed by atoms with van der Waals surface area (Å²) in [7, 11) is -3.33. The van der Waals surface area contributed by atoms with Crippen molar-refractivity contribution in [2.75, 3.05) is 18.2 Å². The summed E-state index contributed by atoms with van der Waals surface area (Å²) < 4.78 is 27.7. The van der Waals surface area contributed by atoms with Crippen molar-refractivity contribution in [1.29, 1.82) is 0 Å². The van der Waals surface area contributed by atoms with Crippen molar-refractivity contribution in [3.05, 3.63) is 59.2 Å². The van der Waals surface area contributed by atoms with E-state index in [2.05, 4.69) is 5.32 Å². The van der Waals surface area contributed by atoms with E-state index in [1.165, 1.54) is 24.3 Å². The summed E-state index contributed by atoms with van der Waals surface area (Å²) in [5, 5.41) is 2.68. The van der Waals surface area contributed by atoms with E-state index in [4.69, 9.17) is 4.74 Å². The van der Waals surface area contributed by atoms with E-state index in [1.807, 2.05) is 26.0 Å². The molecule has 0 radical (unpaired) electrons. The van der Waals surface area contributed by atoms with E-state index in [0.717, 1.165) is 17.4 Å². The normalized spacial score (nSPS) is 11.0. The summed E-state index contributed by atoms with van der Waals surface area (Å²) in [6.45, 7) is 3.40. The van der Waals surface area contributed by atoms with Gasteiger partial charge < -0.3 is 10.1 Å². The topological polar surface area (TPSA) is 89.5 Å². The second kappa shape index (κ2) is 7.48. The maximum atomic E-state index is 11.9. The Labute approximate surface area is 146 Å². The number of nitrogens with one attached hydrogen (secondary N) is 1. The van der Waals surface area contributed by atoms with Crippen molar-refractivity contribution in [3.8, 4) is 0 Å². The molecule has 0 aromatic heterocycles. The molecule has 25 heavy (non-hydrogen) atoms. The van der Waals surface area contributed by atoms with Gasteiger partial charge in [-0.05, 0) is 49.7 Å². The number of hydrogen-bond donors (Lipinski definition) is 1. The summed E-state index contributed by atoms with van der Waals surface area (Å²) in [6.07, 6.45) is 1.08. The molecule has 132 valence electrons. The summed E-state index contributed by atoms with van der Waals surface area (Å²) in [5.41, 5.74) is 2.83. The van der Waals surface area contributed by atoms with E-state index in [-0.39, 0.29) is 10.5 Å². The zero-order valence-electron chi connectivity index (χ0n) is 14.2. The molecular formula is C18H19NO5S. The fourth-order valence-electron chi connectivity index (χ4n) is 2.19. The van der Waals surface area contributed by atoms with Crippen LogP contribution in [0.25, 0.3) is 0 Å². The van der Waals surface area contributed by atoms with Crippen LogP contribution in [0.3, 0.4) is 0 Å². The highest BCUT2D eigenvalue weighted by Crippen LogP contribution is 2.16. The molecule has 0 heterocycles. The van der Waals surface area contributed by atoms with Gasteiger partial charge in [-0.2, -0.15) is 0 Å². The smallest absolute Gasteiger partial charge is 0.338 e. The van der Waals surface area contributed by atoms with Crippen molar-refractivity contribution in [1.82, 2.24) is 0 Å². The summed E-state index contributed by atoms with van der Waals surface area (Å²) >= 11 is 0. The van der Waals surface area contributed by atoms with Gasteiger partial charge in [0, 0.05) is 11.9 Å². The van der Waals surface area contributed by atoms with Gasteiger partial charge in [-0.1, -0.05) is 17.7 Å². The summed E-state index contributed by atoms with van der Waals surface area (Å²) in [4.78, 5) is 23.9. The molecule has 0 unspecified atom stereocenters. The lowest BCUT2D eigenvalue weighted by molar-refractivity contribution is -0.119. The molecule has 6 nitrogen and oxygen atoms in total. The first-order chi connectivity index (χ1) is 11.7. The van der Waals surface area contributed by atoms with E-state index < -0.39 is 28.3 Å². The molecule has 2 aromatic rings. The van der Waals surface area contributed by atoms with Gasteiger partial charge in [0.25, 0.3) is 5.91 Å². The van der Waals surface area contributed by atoms with Crippen LogP contribution in [0.15, 0.2) is 47.4 Å². The molecule has 0 atom stereocenters. The minimum absolute atomic E-state index is 0.108. The first kappa shape index (κ1) is 18.7. The Kier molecular flexibility index (Phi) is 5.58. The number of rotatable bonds is 5. The number of anilines is 1. The quantitative estimate of drug-likeness (QED) is 0.827. The standard InChI is InChI=1S/C18H19NO5S/c1-12-4-9-16(13(2)10-12)19-17(20)11-24-18(21)14-5-7-15(8-6-14)25(3,22)23/h4-10H,11H2,1-3H3,(H,19,20). The van der Waals surface area contributed by atoms with Gasteiger partial charge in [-0.3, -0.25) is 4.79 Å². The zero-order chi connectivity index (χ0) is 18.6. The van der Waals surface area contributed by atoms with Gasteiger partial charge in [0.1, 0.15) is 0 Å². The van der Waals surface area contributed by atoms with Crippen molar-refractivity contribution in [2.24, 2.45) is 0 Å². The Hall–Kier alpha value is -2.67. The molecule has 0 saturated carbocycles. The maximum Gasteiger partial charge on any atom is 0.338 e. The predicted octanol–water partition coefficient (Wildman–Crippen LogP) is 2.50. The van der Waals surface area contributed by atoms with Crippen LogP contribution in [-0.2, 0) is 19.4 Å². The Morgan fingerprint density at radius 1 is 1.04 bits per heavy atom. The predicted molar refractivity (Wildman–Crippen MR) is 94.4 cm³/mol. The van der Waals surface area contributed by atoms with E-state index in [9.17, 15) is 18.0 Å². The van der Waals surface area contributed by atoms with Gasteiger partial charge in [0.2, 0.25) is 0 Å². The van der Waals surface area contributed by atoms with Crippen molar-refractivity contribution >= 4 is 27.4 Å². The van der Waals surface area contributed by atoms with Gasteiger partial charge in [0.05, 0.1) is 10.5 Å². The molecule has 2 rings (SSSR count). The fraction of sp³-hybridized carbons (Fsp3) is 0.222. The van der Waals surface area contributed by atoms with Crippen molar-refractivity contribution in [3.63, 3.8) is 0 Å². The average Bonchev–Trinajstić information content (AvgIpc) is 2.54.